The zero-order chi connectivity index (χ0) is 56.8. The third-order valence-electron chi connectivity index (χ3n) is 17.3. The number of ether oxygens (including phenoxy) is 2. The Labute approximate surface area is 494 Å². The molecule has 0 bridgehead atoms. The summed E-state index contributed by atoms with van der Waals surface area (Å²) in [6.07, 6.45) is 86.2. The molecule has 0 spiro atoms. The smallest absolute Gasteiger partial charge is 0.130 e. The molecule has 0 saturated carbocycles. The van der Waals surface area contributed by atoms with Gasteiger partial charge in [0.15, 0.2) is 0 Å². The van der Waals surface area contributed by atoms with E-state index >= 15 is 0 Å². The fraction of sp³-hybridized carbons (Fsp3) is 0.946. The number of rotatable bonds is 67. The molecular formula is C74H149N2O2+. The van der Waals surface area contributed by atoms with Gasteiger partial charge in [-0.25, -0.2) is 0 Å². The van der Waals surface area contributed by atoms with Crippen LogP contribution in [-0.4, -0.2) is 82.1 Å². The molecule has 466 valence electrons. The van der Waals surface area contributed by atoms with Gasteiger partial charge in [0.25, 0.3) is 0 Å². The van der Waals surface area contributed by atoms with Crippen LogP contribution in [0.25, 0.3) is 0 Å². The molecular weight excluding hydrogens is 949 g/mol. The Bertz CT molecular complexity index is 1170. The third-order valence-corrected chi connectivity index (χ3v) is 17.3. The van der Waals surface area contributed by atoms with E-state index in [1.807, 2.05) is 0 Å². The summed E-state index contributed by atoms with van der Waals surface area (Å²) < 4.78 is 15.7. The lowest BCUT2D eigenvalue weighted by atomic mass is 10.0. The van der Waals surface area contributed by atoms with E-state index < -0.39 is 0 Å². The van der Waals surface area contributed by atoms with Crippen molar-refractivity contribution in [3.05, 3.63) is 24.3 Å². The molecule has 0 fully saturated rings. The maximum atomic E-state index is 7.47. The van der Waals surface area contributed by atoms with Crippen molar-refractivity contribution in [3.8, 4) is 0 Å². The van der Waals surface area contributed by atoms with E-state index in [1.54, 1.807) is 0 Å². The van der Waals surface area contributed by atoms with Crippen LogP contribution >= 0.6 is 0 Å². The molecule has 0 aliphatic carbocycles. The van der Waals surface area contributed by atoms with Gasteiger partial charge in [0.05, 0.1) is 39.5 Å². The highest BCUT2D eigenvalue weighted by molar-refractivity contribution is 4.82. The van der Waals surface area contributed by atoms with Gasteiger partial charge < -0.3 is 18.9 Å². The lowest BCUT2D eigenvalue weighted by Crippen LogP contribution is -2.49. The first-order valence-electron chi connectivity index (χ1n) is 36.3. The van der Waals surface area contributed by atoms with Crippen molar-refractivity contribution in [3.63, 3.8) is 0 Å². The van der Waals surface area contributed by atoms with E-state index in [9.17, 15) is 0 Å². The van der Waals surface area contributed by atoms with E-state index in [0.29, 0.717) is 12.2 Å². The van der Waals surface area contributed by atoms with Gasteiger partial charge in [-0.15, -0.1) is 0 Å². The Hall–Kier alpha value is -0.680. The molecule has 3 unspecified atom stereocenters. The largest absolute Gasteiger partial charge is 0.375 e. The molecule has 0 radical (unpaired) electrons. The minimum absolute atomic E-state index is 0.156. The van der Waals surface area contributed by atoms with Gasteiger partial charge in [0.2, 0.25) is 0 Å². The first-order chi connectivity index (χ1) is 38.3. The molecule has 0 aromatic rings. The SMILES string of the molecule is CCCCCCCC/C=C\CCCCCCCC(CCCCCCCCCCCCCC)OCC(C[N+](C)(C)CCCN(C)C)OC(CCCCCCC/C=C\CCCCCCCC)CCCCCCCCCCCCCC. The highest BCUT2D eigenvalue weighted by Gasteiger charge is 2.27. The summed E-state index contributed by atoms with van der Waals surface area (Å²) >= 11 is 0. The molecule has 0 N–H and O–H groups in total. The molecule has 4 heteroatoms. The van der Waals surface area contributed by atoms with Crippen LogP contribution in [0.1, 0.15) is 381 Å². The Morgan fingerprint density at radius 2 is 0.564 bits per heavy atom. The van der Waals surface area contributed by atoms with Gasteiger partial charge in [-0.05, 0) is 91.1 Å². The summed E-state index contributed by atoms with van der Waals surface area (Å²) in [7, 11) is 9.38. The predicted molar refractivity (Wildman–Crippen MR) is 354 cm³/mol. The summed E-state index contributed by atoms with van der Waals surface area (Å²) in [6.45, 7) is 13.4. The van der Waals surface area contributed by atoms with Crippen LogP contribution in [0.3, 0.4) is 0 Å². The third kappa shape index (κ3) is 61.4. The molecule has 0 aliphatic rings. The lowest BCUT2D eigenvalue weighted by Gasteiger charge is -2.36. The van der Waals surface area contributed by atoms with Crippen LogP contribution in [0.2, 0.25) is 0 Å². The summed E-state index contributed by atoms with van der Waals surface area (Å²) in [5, 5.41) is 0. The van der Waals surface area contributed by atoms with Crippen molar-refractivity contribution >= 4 is 0 Å². The topological polar surface area (TPSA) is 21.7 Å². The van der Waals surface area contributed by atoms with Crippen LogP contribution in [0.15, 0.2) is 24.3 Å². The number of quaternary nitrogens is 1. The molecule has 4 nitrogen and oxygen atoms in total. The monoisotopic (exact) mass is 1100 g/mol. The van der Waals surface area contributed by atoms with Crippen LogP contribution < -0.4 is 0 Å². The maximum Gasteiger partial charge on any atom is 0.130 e. The number of unbranched alkanes of at least 4 members (excludes halogenated alkanes) is 44. The molecule has 0 heterocycles. The summed E-state index contributed by atoms with van der Waals surface area (Å²) in [4.78, 5) is 2.35. The molecule has 3 atom stereocenters. The van der Waals surface area contributed by atoms with Gasteiger partial charge in [0.1, 0.15) is 12.6 Å². The van der Waals surface area contributed by atoms with Crippen molar-refractivity contribution in [1.82, 2.24) is 4.90 Å². The highest BCUT2D eigenvalue weighted by Crippen LogP contribution is 2.23. The van der Waals surface area contributed by atoms with Gasteiger partial charge in [-0.2, -0.15) is 0 Å². The van der Waals surface area contributed by atoms with E-state index in [2.05, 4.69) is 85.1 Å². The molecule has 0 saturated heterocycles. The number of likely N-dealkylation sites (N-methyl/N-ethyl adjacent to an activating group) is 1. The van der Waals surface area contributed by atoms with E-state index in [-0.39, 0.29) is 6.10 Å². The second-order valence-corrected chi connectivity index (χ2v) is 26.4. The van der Waals surface area contributed by atoms with E-state index in [1.165, 1.54) is 360 Å². The van der Waals surface area contributed by atoms with Crippen molar-refractivity contribution in [2.75, 3.05) is 54.4 Å². The molecule has 0 aromatic heterocycles. The second-order valence-electron chi connectivity index (χ2n) is 26.4. The van der Waals surface area contributed by atoms with Gasteiger partial charge in [-0.3, -0.25) is 0 Å². The van der Waals surface area contributed by atoms with Gasteiger partial charge in [-0.1, -0.05) is 322 Å². The Kier molecular flexibility index (Phi) is 63.3. The van der Waals surface area contributed by atoms with Crippen LogP contribution in [-0.2, 0) is 9.47 Å². The van der Waals surface area contributed by atoms with Crippen LogP contribution in [0.5, 0.6) is 0 Å². The zero-order valence-corrected chi connectivity index (χ0v) is 55.5. The standard InChI is InChI=1S/C74H149N2O2/c1-9-13-17-21-25-29-33-37-39-41-45-48-52-56-60-65-72(64-59-55-51-47-43-35-31-27-23-19-15-11-3)77-71-74(70-76(7,8)69-63-68-75(5)6)78-73(66-61-57-53-49-44-36-32-28-24-20-16-12-4)67-62-58-54-50-46-42-40-38-34-30-26-22-18-14-10-2/h37-40,72-74H,9-36,41-71H2,1-8H3/q+1/b39-37-,40-38-. The first kappa shape index (κ1) is 77.3. The summed E-state index contributed by atoms with van der Waals surface area (Å²) in [5.41, 5.74) is 0. The Balaban J connectivity index is 5.66. The maximum absolute atomic E-state index is 7.47. The summed E-state index contributed by atoms with van der Waals surface area (Å²) in [5.74, 6) is 0. The lowest BCUT2D eigenvalue weighted by molar-refractivity contribution is -0.893. The Morgan fingerprint density at radius 3 is 0.846 bits per heavy atom. The minimum Gasteiger partial charge on any atom is -0.375 e. The molecule has 0 aliphatic heterocycles. The average molecular weight is 1100 g/mol. The fourth-order valence-corrected chi connectivity index (χ4v) is 12.0. The Morgan fingerprint density at radius 1 is 0.308 bits per heavy atom. The predicted octanol–water partition coefficient (Wildman–Crippen LogP) is 24.4. The first-order valence-corrected chi connectivity index (χ1v) is 36.3. The number of hydrogen-bond acceptors (Lipinski definition) is 3. The van der Waals surface area contributed by atoms with E-state index in [4.69, 9.17) is 9.47 Å². The highest BCUT2D eigenvalue weighted by atomic mass is 16.5. The molecule has 0 amide bonds. The van der Waals surface area contributed by atoms with Crippen LogP contribution in [0.4, 0.5) is 0 Å². The van der Waals surface area contributed by atoms with Crippen molar-refractivity contribution in [2.45, 2.75) is 399 Å². The van der Waals surface area contributed by atoms with Crippen LogP contribution in [0, 0.1) is 0 Å². The van der Waals surface area contributed by atoms with Gasteiger partial charge >= 0.3 is 0 Å². The number of nitrogens with zero attached hydrogens (tertiary/aromatic N) is 2. The fourth-order valence-electron chi connectivity index (χ4n) is 12.0. The van der Waals surface area contributed by atoms with Crippen molar-refractivity contribution in [1.29, 1.82) is 0 Å². The number of allylic oxidation sites excluding steroid dienone is 4. The normalized spacial score (nSPS) is 13.6. The molecule has 0 rings (SSSR count). The number of hydrogen-bond donors (Lipinski definition) is 0. The van der Waals surface area contributed by atoms with Crippen molar-refractivity contribution < 1.29 is 14.0 Å². The molecule has 0 aromatic carbocycles. The van der Waals surface area contributed by atoms with Crippen molar-refractivity contribution in [2.24, 2.45) is 0 Å². The van der Waals surface area contributed by atoms with E-state index in [0.717, 1.165) is 24.2 Å². The van der Waals surface area contributed by atoms with Gasteiger partial charge in [0, 0.05) is 13.0 Å². The second kappa shape index (κ2) is 63.9. The quantitative estimate of drug-likeness (QED) is 0.0344. The molecule has 78 heavy (non-hydrogen) atoms. The minimum atomic E-state index is 0.156. The zero-order valence-electron chi connectivity index (χ0n) is 55.5. The summed E-state index contributed by atoms with van der Waals surface area (Å²) in [6, 6.07) is 0. The average Bonchev–Trinajstić information content (AvgIpc) is 3.42.